The molecular weight excluding hydrogens is 374 g/mol. The van der Waals surface area contributed by atoms with Crippen LogP contribution in [0.4, 0.5) is 11.4 Å². The summed E-state index contributed by atoms with van der Waals surface area (Å²) in [7, 11) is -3.58. The Hall–Kier alpha value is -0.570. The molecule has 0 saturated carbocycles. The highest BCUT2D eigenvalue weighted by Gasteiger charge is 2.24. The van der Waals surface area contributed by atoms with Crippen LogP contribution >= 0.6 is 15.9 Å². The largest absolute Gasteiger partial charge is 0.242 e. The minimum absolute atomic E-state index is 0.120. The molecule has 1 atom stereocenters. The van der Waals surface area contributed by atoms with E-state index in [1.807, 2.05) is 0 Å². The van der Waals surface area contributed by atoms with Crippen molar-refractivity contribution in [3.8, 4) is 0 Å². The molecule has 1 N–H and O–H groups in total. The number of rotatable bonds is 7. The van der Waals surface area contributed by atoms with Crippen LogP contribution in [0.2, 0.25) is 0 Å². The average Bonchev–Trinajstić information content (AvgIpc) is 2.94. The maximum atomic E-state index is 12.5. The standard InChI is InChI=1S/C13H18BrN3O2S2/c1-3-9(4-2)10(14)8-15-21(18,19)12-7-5-6-11-13(12)17-20-16-11/h5-7,9-10,15H,3-4,8H2,1-2H3. The lowest BCUT2D eigenvalue weighted by atomic mass is 10.00. The Bertz CT molecular complexity index is 681. The van der Waals surface area contributed by atoms with E-state index in [0.717, 1.165) is 24.2 Å². The summed E-state index contributed by atoms with van der Waals surface area (Å²) < 4.78 is 35.7. The second-order valence-electron chi connectivity index (χ2n) is 4.83. The van der Waals surface area contributed by atoms with E-state index in [0.29, 0.717) is 23.8 Å². The average molecular weight is 392 g/mol. The van der Waals surface area contributed by atoms with Gasteiger partial charge in [0, 0.05) is 11.4 Å². The fraction of sp³-hybridized carbons (Fsp3) is 0.538. The summed E-state index contributed by atoms with van der Waals surface area (Å²) in [6.07, 6.45) is 2.03. The first-order valence-electron chi connectivity index (χ1n) is 6.84. The van der Waals surface area contributed by atoms with E-state index in [9.17, 15) is 8.42 Å². The fourth-order valence-electron chi connectivity index (χ4n) is 2.23. The smallest absolute Gasteiger partial charge is 0.210 e. The number of fused-ring (bicyclic) bond motifs is 1. The van der Waals surface area contributed by atoms with Crippen LogP contribution in [-0.4, -0.2) is 19.8 Å². The predicted molar refractivity (Wildman–Crippen MR) is 90.0 cm³/mol. The van der Waals surface area contributed by atoms with Crippen molar-refractivity contribution in [2.24, 2.45) is 14.6 Å². The van der Waals surface area contributed by atoms with E-state index in [1.54, 1.807) is 18.2 Å². The van der Waals surface area contributed by atoms with Crippen molar-refractivity contribution in [3.05, 3.63) is 18.2 Å². The van der Waals surface area contributed by atoms with Crippen molar-refractivity contribution in [2.45, 2.75) is 36.4 Å². The van der Waals surface area contributed by atoms with Gasteiger partial charge in [-0.15, -0.1) is 0 Å². The normalized spacial score (nSPS) is 15.0. The van der Waals surface area contributed by atoms with Gasteiger partial charge >= 0.3 is 0 Å². The quantitative estimate of drug-likeness (QED) is 0.727. The Morgan fingerprint density at radius 2 is 2.00 bits per heavy atom. The number of nitrogens with zero attached hydrogens (tertiary/aromatic N) is 2. The summed E-state index contributed by atoms with van der Waals surface area (Å²) in [6, 6.07) is 5.01. The summed E-state index contributed by atoms with van der Waals surface area (Å²) >= 11 is 4.60. The molecular formula is C13H18BrN3O2S2. The van der Waals surface area contributed by atoms with E-state index in [1.165, 1.54) is 0 Å². The first kappa shape index (κ1) is 16.8. The molecule has 1 aliphatic heterocycles. The van der Waals surface area contributed by atoms with Gasteiger partial charge in [-0.1, -0.05) is 48.7 Å². The zero-order valence-electron chi connectivity index (χ0n) is 11.9. The van der Waals surface area contributed by atoms with Crippen LogP contribution < -0.4 is 4.72 Å². The summed E-state index contributed by atoms with van der Waals surface area (Å²) in [5.41, 5.74) is 1.04. The Balaban J connectivity index is 2.14. The van der Waals surface area contributed by atoms with Crippen molar-refractivity contribution >= 4 is 48.7 Å². The first-order chi connectivity index (χ1) is 9.99. The van der Waals surface area contributed by atoms with E-state index in [-0.39, 0.29) is 9.72 Å². The molecule has 0 spiro atoms. The molecule has 1 unspecified atom stereocenters. The monoisotopic (exact) mass is 391 g/mol. The summed E-state index contributed by atoms with van der Waals surface area (Å²) in [6.45, 7) is 4.58. The van der Waals surface area contributed by atoms with Crippen molar-refractivity contribution < 1.29 is 8.42 Å². The Kier molecular flexibility index (Phi) is 5.70. The number of nitrogens with one attached hydrogen (secondary N) is 1. The van der Waals surface area contributed by atoms with Gasteiger partial charge in [0.1, 0.15) is 16.3 Å². The van der Waals surface area contributed by atoms with Crippen molar-refractivity contribution in [2.75, 3.05) is 6.54 Å². The molecule has 0 aromatic heterocycles. The molecule has 0 fully saturated rings. The van der Waals surface area contributed by atoms with Crippen LogP contribution in [0.1, 0.15) is 26.7 Å². The predicted octanol–water partition coefficient (Wildman–Crippen LogP) is 3.89. The topological polar surface area (TPSA) is 70.9 Å². The van der Waals surface area contributed by atoms with E-state index >= 15 is 0 Å². The molecule has 1 aromatic rings. The van der Waals surface area contributed by atoms with Gasteiger partial charge in [-0.2, -0.15) is 8.73 Å². The summed E-state index contributed by atoms with van der Waals surface area (Å²) in [5.74, 6) is 0.449. The first-order valence-corrected chi connectivity index (χ1v) is 9.97. The molecule has 1 aliphatic rings. The van der Waals surface area contributed by atoms with Crippen LogP contribution in [0.5, 0.6) is 0 Å². The Labute approximate surface area is 137 Å². The third-order valence-electron chi connectivity index (χ3n) is 3.57. The number of alkyl halides is 1. The Morgan fingerprint density at radius 1 is 1.29 bits per heavy atom. The third kappa shape index (κ3) is 3.80. The molecule has 0 saturated heterocycles. The highest BCUT2D eigenvalue weighted by Crippen LogP contribution is 2.37. The van der Waals surface area contributed by atoms with Gasteiger partial charge in [-0.3, -0.25) is 0 Å². The molecule has 0 bridgehead atoms. The van der Waals surface area contributed by atoms with Crippen molar-refractivity contribution in [3.63, 3.8) is 0 Å². The number of hydrogen-bond acceptors (Lipinski definition) is 4. The van der Waals surface area contributed by atoms with Crippen LogP contribution in [-0.2, 0) is 21.4 Å². The van der Waals surface area contributed by atoms with E-state index < -0.39 is 10.0 Å². The van der Waals surface area contributed by atoms with Gasteiger partial charge in [-0.05, 0) is 18.1 Å². The van der Waals surface area contributed by atoms with E-state index in [4.69, 9.17) is 0 Å². The maximum Gasteiger partial charge on any atom is 0.242 e. The molecule has 0 aliphatic carbocycles. The zero-order valence-corrected chi connectivity index (χ0v) is 15.1. The summed E-state index contributed by atoms with van der Waals surface area (Å²) in [4.78, 5) is 0.313. The van der Waals surface area contributed by atoms with E-state index in [2.05, 4.69) is 43.2 Å². The van der Waals surface area contributed by atoms with Crippen molar-refractivity contribution in [1.29, 1.82) is 0 Å². The van der Waals surface area contributed by atoms with Gasteiger partial charge in [0.15, 0.2) is 0 Å². The summed E-state index contributed by atoms with van der Waals surface area (Å²) in [5, 5.41) is 0. The second kappa shape index (κ2) is 7.13. The molecule has 116 valence electrons. The van der Waals surface area contributed by atoms with Gasteiger partial charge in [0.2, 0.25) is 10.0 Å². The van der Waals surface area contributed by atoms with Gasteiger partial charge < -0.3 is 0 Å². The minimum Gasteiger partial charge on any atom is -0.210 e. The highest BCUT2D eigenvalue weighted by atomic mass is 79.9. The van der Waals surface area contributed by atoms with Gasteiger partial charge in [0.05, 0.1) is 11.4 Å². The fourth-order valence-corrected chi connectivity index (χ4v) is 5.18. The molecule has 1 heterocycles. The Morgan fingerprint density at radius 3 is 2.67 bits per heavy atom. The lowest BCUT2D eigenvalue weighted by Crippen LogP contribution is -2.33. The number of benzene rings is 1. The lowest BCUT2D eigenvalue weighted by Gasteiger charge is -2.20. The maximum absolute atomic E-state index is 12.5. The van der Waals surface area contributed by atoms with Gasteiger partial charge in [0.25, 0.3) is 0 Å². The third-order valence-corrected chi connectivity index (χ3v) is 6.64. The molecule has 1 aromatic carbocycles. The number of sulfonamides is 1. The van der Waals surface area contributed by atoms with Crippen LogP contribution in [0.25, 0.3) is 0 Å². The molecule has 21 heavy (non-hydrogen) atoms. The van der Waals surface area contributed by atoms with Crippen molar-refractivity contribution in [1.82, 2.24) is 4.72 Å². The van der Waals surface area contributed by atoms with Crippen LogP contribution in [0.3, 0.4) is 0 Å². The zero-order chi connectivity index (χ0) is 15.5. The number of halogens is 1. The van der Waals surface area contributed by atoms with Gasteiger partial charge in [-0.25, -0.2) is 13.1 Å². The second-order valence-corrected chi connectivity index (χ2v) is 8.27. The molecule has 0 radical (unpaired) electrons. The lowest BCUT2D eigenvalue weighted by molar-refractivity contribution is 0.471. The molecule has 0 amide bonds. The SMILES string of the molecule is CCC(CC)C(Br)CNS(=O)(=O)c1cccc2c1N=S=N2. The minimum atomic E-state index is -3.58. The number of hydrogen-bond donors (Lipinski definition) is 1. The van der Waals surface area contributed by atoms with Crippen LogP contribution in [0.15, 0.2) is 31.8 Å². The molecule has 2 rings (SSSR count). The highest BCUT2D eigenvalue weighted by molar-refractivity contribution is 9.09. The molecule has 5 nitrogen and oxygen atoms in total. The van der Waals surface area contributed by atoms with Crippen LogP contribution in [0, 0.1) is 5.92 Å². The molecule has 8 heteroatoms.